The van der Waals surface area contributed by atoms with Crippen molar-refractivity contribution < 1.29 is 28.5 Å². The van der Waals surface area contributed by atoms with Crippen LogP contribution in [-0.4, -0.2) is 36.4 Å². The van der Waals surface area contributed by atoms with E-state index in [1.54, 1.807) is 6.07 Å². The Labute approximate surface area is 184 Å². The first-order valence-electron chi connectivity index (χ1n) is 11.8. The normalized spacial score (nSPS) is 37.7. The first kappa shape index (κ1) is 22.7. The number of carboxylic acids is 1. The predicted octanol–water partition coefficient (Wildman–Crippen LogP) is 5.27. The summed E-state index contributed by atoms with van der Waals surface area (Å²) < 4.78 is 33.0. The first-order valence-corrected chi connectivity index (χ1v) is 11.8. The summed E-state index contributed by atoms with van der Waals surface area (Å²) >= 11 is 0. The zero-order chi connectivity index (χ0) is 22.1. The van der Waals surface area contributed by atoms with Gasteiger partial charge in [0.1, 0.15) is 5.82 Å². The molecule has 2 heterocycles. The number of rotatable bonds is 6. The van der Waals surface area contributed by atoms with Crippen LogP contribution in [0.2, 0.25) is 0 Å². The molecule has 0 spiro atoms. The van der Waals surface area contributed by atoms with Crippen molar-refractivity contribution in [1.82, 2.24) is 0 Å². The molecule has 5 nitrogen and oxygen atoms in total. The highest BCUT2D eigenvalue weighted by Crippen LogP contribution is 2.52. The van der Waals surface area contributed by atoms with Gasteiger partial charge < -0.3 is 19.3 Å². The molecule has 3 fully saturated rings. The zero-order valence-corrected chi connectivity index (χ0v) is 18.8. The molecule has 1 aliphatic carbocycles. The van der Waals surface area contributed by atoms with Gasteiger partial charge in [-0.05, 0) is 74.5 Å². The lowest BCUT2D eigenvalue weighted by Gasteiger charge is -2.51. The molecule has 1 saturated carbocycles. The molecule has 1 aromatic carbocycles. The van der Waals surface area contributed by atoms with Gasteiger partial charge in [-0.3, -0.25) is 0 Å². The summed E-state index contributed by atoms with van der Waals surface area (Å²) in [6, 6.07) is 4.07. The van der Waals surface area contributed by atoms with E-state index in [2.05, 4.69) is 20.8 Å². The summed E-state index contributed by atoms with van der Waals surface area (Å²) in [6.45, 7) is 7.22. The molecule has 4 rings (SSSR count). The summed E-state index contributed by atoms with van der Waals surface area (Å²) in [4.78, 5) is 11.0. The molecular weight excluding hydrogens is 399 g/mol. The number of aromatic carboxylic acids is 1. The Morgan fingerprint density at radius 3 is 2.65 bits per heavy atom. The van der Waals surface area contributed by atoms with Crippen molar-refractivity contribution >= 4 is 5.97 Å². The van der Waals surface area contributed by atoms with Gasteiger partial charge in [-0.2, -0.15) is 0 Å². The van der Waals surface area contributed by atoms with Crippen LogP contribution in [0.25, 0.3) is 0 Å². The second kappa shape index (κ2) is 9.55. The van der Waals surface area contributed by atoms with E-state index in [-0.39, 0.29) is 24.2 Å². The molecule has 3 aliphatic rings. The molecule has 6 heteroatoms. The Kier molecular flexibility index (Phi) is 6.99. The fourth-order valence-electron chi connectivity index (χ4n) is 5.98. The van der Waals surface area contributed by atoms with E-state index < -0.39 is 11.8 Å². The number of carboxylic acid groups (broad SMARTS) is 1. The third-order valence-corrected chi connectivity index (χ3v) is 7.81. The van der Waals surface area contributed by atoms with Crippen molar-refractivity contribution in [3.63, 3.8) is 0 Å². The molecule has 0 bridgehead atoms. The summed E-state index contributed by atoms with van der Waals surface area (Å²) in [7, 11) is 0. The standard InChI is InChI=1S/C25H35FO5/c1-14-6-10-20-16(3)24(31-25-22(20)19(14)11-7-15(2)30-25)29-12-4-5-17-8-9-18(23(27)28)13-21(17)26/h8-9,13-16,19-20,22,24-25H,4-7,10-12H2,1-3H3,(H,27,28)/t14-,15?,16-,19+,20+,22?,24-,25+/m1/s1. The lowest BCUT2D eigenvalue weighted by Crippen LogP contribution is -2.53. The van der Waals surface area contributed by atoms with Crippen molar-refractivity contribution in [1.29, 1.82) is 0 Å². The lowest BCUT2D eigenvalue weighted by atomic mass is 9.61. The Bertz CT molecular complexity index is 783. The number of hydrogen-bond donors (Lipinski definition) is 1. The van der Waals surface area contributed by atoms with Crippen molar-refractivity contribution in [2.45, 2.75) is 78.0 Å². The van der Waals surface area contributed by atoms with Gasteiger partial charge in [0.05, 0.1) is 18.3 Å². The average Bonchev–Trinajstić information content (AvgIpc) is 2.90. The van der Waals surface area contributed by atoms with Crippen LogP contribution in [0.1, 0.15) is 68.8 Å². The number of halogens is 1. The number of benzene rings is 1. The molecule has 0 amide bonds. The van der Waals surface area contributed by atoms with E-state index in [4.69, 9.17) is 19.3 Å². The van der Waals surface area contributed by atoms with Crippen molar-refractivity contribution in [3.8, 4) is 0 Å². The SMILES string of the molecule is CC1CC[C@@H]2C3[C@@H](O1)O[C@@H](OCCCc1ccc(C(=O)O)cc1F)[C@H](C)[C@@H]3CC[C@H]2C. The number of hydrogen-bond acceptors (Lipinski definition) is 4. The van der Waals surface area contributed by atoms with Crippen molar-refractivity contribution in [2.75, 3.05) is 6.61 Å². The largest absolute Gasteiger partial charge is 0.478 e. The Morgan fingerprint density at radius 2 is 1.90 bits per heavy atom. The minimum Gasteiger partial charge on any atom is -0.478 e. The van der Waals surface area contributed by atoms with E-state index in [9.17, 15) is 9.18 Å². The maximum atomic E-state index is 14.1. The van der Waals surface area contributed by atoms with Crippen LogP contribution in [0.15, 0.2) is 18.2 Å². The maximum Gasteiger partial charge on any atom is 0.335 e. The molecule has 0 aromatic heterocycles. The second-order valence-corrected chi connectivity index (χ2v) is 9.80. The third-order valence-electron chi connectivity index (χ3n) is 7.81. The molecule has 2 saturated heterocycles. The molecule has 2 unspecified atom stereocenters. The van der Waals surface area contributed by atoms with Gasteiger partial charge in [0.2, 0.25) is 0 Å². The van der Waals surface area contributed by atoms with Crippen LogP contribution in [0, 0.1) is 35.4 Å². The molecule has 2 aliphatic heterocycles. The Morgan fingerprint density at radius 1 is 1.13 bits per heavy atom. The quantitative estimate of drug-likeness (QED) is 0.618. The van der Waals surface area contributed by atoms with Crippen LogP contribution in [-0.2, 0) is 20.6 Å². The molecule has 0 radical (unpaired) electrons. The van der Waals surface area contributed by atoms with Crippen molar-refractivity contribution in [3.05, 3.63) is 35.1 Å². The van der Waals surface area contributed by atoms with E-state index in [0.29, 0.717) is 54.6 Å². The second-order valence-electron chi connectivity index (χ2n) is 9.80. The number of carbonyl (C=O) groups is 1. The van der Waals surface area contributed by atoms with Gasteiger partial charge in [-0.15, -0.1) is 0 Å². The number of ether oxygens (including phenoxy) is 3. The zero-order valence-electron chi connectivity index (χ0n) is 18.8. The van der Waals surface area contributed by atoms with Crippen molar-refractivity contribution in [2.24, 2.45) is 29.6 Å². The highest BCUT2D eigenvalue weighted by atomic mass is 19.1. The minimum atomic E-state index is -1.12. The molecule has 1 aromatic rings. The highest BCUT2D eigenvalue weighted by Gasteiger charge is 2.52. The molecule has 1 N–H and O–H groups in total. The van der Waals surface area contributed by atoms with Crippen LogP contribution in [0.5, 0.6) is 0 Å². The third kappa shape index (κ3) is 4.81. The van der Waals surface area contributed by atoms with Gasteiger partial charge >= 0.3 is 5.97 Å². The topological polar surface area (TPSA) is 65.0 Å². The van der Waals surface area contributed by atoms with Gasteiger partial charge in [0, 0.05) is 11.8 Å². The van der Waals surface area contributed by atoms with Gasteiger partial charge in [-0.1, -0.05) is 26.3 Å². The van der Waals surface area contributed by atoms with Gasteiger partial charge in [-0.25, -0.2) is 9.18 Å². The van der Waals surface area contributed by atoms with E-state index in [0.717, 1.165) is 12.5 Å². The molecule has 172 valence electrons. The maximum absolute atomic E-state index is 14.1. The fraction of sp³-hybridized carbons (Fsp3) is 0.720. The monoisotopic (exact) mass is 434 g/mol. The molecule has 31 heavy (non-hydrogen) atoms. The van der Waals surface area contributed by atoms with Crippen LogP contribution in [0.4, 0.5) is 4.39 Å². The fourth-order valence-corrected chi connectivity index (χ4v) is 5.98. The van der Waals surface area contributed by atoms with E-state index in [1.807, 2.05) is 0 Å². The first-order chi connectivity index (χ1) is 14.8. The summed E-state index contributed by atoms with van der Waals surface area (Å²) in [5.74, 6) is 1.09. The average molecular weight is 435 g/mol. The minimum absolute atomic E-state index is 0.0331. The Hall–Kier alpha value is -1.50. The van der Waals surface area contributed by atoms with Crippen LogP contribution < -0.4 is 0 Å². The van der Waals surface area contributed by atoms with Gasteiger partial charge in [0.15, 0.2) is 12.6 Å². The van der Waals surface area contributed by atoms with Gasteiger partial charge in [0.25, 0.3) is 0 Å². The Balaban J connectivity index is 1.35. The molecular formula is C25H35FO5. The summed E-state index contributed by atoms with van der Waals surface area (Å²) in [6.07, 6.45) is 5.60. The smallest absolute Gasteiger partial charge is 0.335 e. The molecule has 8 atom stereocenters. The van der Waals surface area contributed by atoms with Crippen LogP contribution >= 0.6 is 0 Å². The number of aryl methyl sites for hydroxylation is 1. The predicted molar refractivity (Wildman–Crippen MR) is 114 cm³/mol. The summed E-state index contributed by atoms with van der Waals surface area (Å²) in [5.41, 5.74) is 0.477. The lowest BCUT2D eigenvalue weighted by molar-refractivity contribution is -0.334. The van der Waals surface area contributed by atoms with E-state index >= 15 is 0 Å². The van der Waals surface area contributed by atoms with E-state index in [1.165, 1.54) is 25.3 Å². The van der Waals surface area contributed by atoms with Crippen LogP contribution in [0.3, 0.4) is 0 Å². The highest BCUT2D eigenvalue weighted by molar-refractivity contribution is 5.87. The summed E-state index contributed by atoms with van der Waals surface area (Å²) in [5, 5.41) is 8.97.